The van der Waals surface area contributed by atoms with E-state index in [0.29, 0.717) is 40.9 Å². The third kappa shape index (κ3) is 7.43. The highest BCUT2D eigenvalue weighted by molar-refractivity contribution is 6.32. The lowest BCUT2D eigenvalue weighted by molar-refractivity contribution is -0.130. The van der Waals surface area contributed by atoms with Gasteiger partial charge in [-0.1, -0.05) is 36.7 Å². The first kappa shape index (κ1) is 26.1. The maximum Gasteiger partial charge on any atom is 0.259 e. The molecule has 2 aromatic rings. The molecular formula is C25H31ClN2O5. The van der Waals surface area contributed by atoms with Crippen LogP contribution in [0.25, 0.3) is 6.08 Å². The molecule has 0 aliphatic carbocycles. The second-order valence-corrected chi connectivity index (χ2v) is 7.79. The molecule has 0 fully saturated rings. The Bertz CT molecular complexity index is 991. The van der Waals surface area contributed by atoms with Crippen molar-refractivity contribution in [3.05, 3.63) is 58.6 Å². The highest BCUT2D eigenvalue weighted by Gasteiger charge is 2.17. The summed E-state index contributed by atoms with van der Waals surface area (Å²) in [6.45, 7) is 4.22. The molecule has 2 aromatic carbocycles. The van der Waals surface area contributed by atoms with E-state index in [0.717, 1.165) is 5.56 Å². The average molecular weight is 475 g/mol. The van der Waals surface area contributed by atoms with Crippen LogP contribution in [0.15, 0.2) is 42.5 Å². The first-order chi connectivity index (χ1) is 15.8. The van der Waals surface area contributed by atoms with E-state index in [1.807, 2.05) is 32.0 Å². The van der Waals surface area contributed by atoms with Crippen LogP contribution in [0.2, 0.25) is 5.02 Å². The lowest BCUT2D eigenvalue weighted by Crippen LogP contribution is -2.29. The van der Waals surface area contributed by atoms with Crippen LogP contribution in [-0.4, -0.2) is 51.1 Å². The summed E-state index contributed by atoms with van der Waals surface area (Å²) in [6.07, 6.45) is 3.74. The molecule has 33 heavy (non-hydrogen) atoms. The Balaban J connectivity index is 2.15. The number of rotatable bonds is 11. The van der Waals surface area contributed by atoms with E-state index >= 15 is 0 Å². The van der Waals surface area contributed by atoms with E-state index in [-0.39, 0.29) is 24.5 Å². The number of nitrogens with zero attached hydrogens (tertiary/aromatic N) is 1. The Morgan fingerprint density at radius 3 is 2.48 bits per heavy atom. The second kappa shape index (κ2) is 12.7. The van der Waals surface area contributed by atoms with Crippen molar-refractivity contribution < 1.29 is 23.8 Å². The summed E-state index contributed by atoms with van der Waals surface area (Å²) in [5, 5.41) is 3.39. The highest BCUT2D eigenvalue weighted by Crippen LogP contribution is 2.36. The Kier molecular flexibility index (Phi) is 10.1. The molecule has 0 radical (unpaired) electrons. The molecule has 0 saturated heterocycles. The minimum absolute atomic E-state index is 0.0747. The van der Waals surface area contributed by atoms with Crippen molar-refractivity contribution >= 4 is 29.5 Å². The summed E-state index contributed by atoms with van der Waals surface area (Å²) in [7, 11) is 4.87. The van der Waals surface area contributed by atoms with Crippen LogP contribution in [0.5, 0.6) is 17.2 Å². The second-order valence-electron chi connectivity index (χ2n) is 7.38. The quantitative estimate of drug-likeness (QED) is 0.485. The number of para-hydroxylation sites is 1. The fraction of sp³-hybridized carbons (Fsp3) is 0.360. The molecule has 2 rings (SSSR count). The van der Waals surface area contributed by atoms with Gasteiger partial charge in [-0.15, -0.1) is 0 Å². The zero-order chi connectivity index (χ0) is 24.4. The number of ether oxygens (including phenoxy) is 3. The largest absolute Gasteiger partial charge is 0.491 e. The van der Waals surface area contributed by atoms with Crippen LogP contribution >= 0.6 is 11.6 Å². The van der Waals surface area contributed by atoms with Gasteiger partial charge < -0.3 is 24.4 Å². The van der Waals surface area contributed by atoms with Gasteiger partial charge in [-0.2, -0.15) is 0 Å². The van der Waals surface area contributed by atoms with Crippen LogP contribution in [0.1, 0.15) is 37.4 Å². The van der Waals surface area contributed by atoms with Crippen molar-refractivity contribution in [3.63, 3.8) is 0 Å². The fourth-order valence-corrected chi connectivity index (χ4v) is 3.40. The molecule has 0 spiro atoms. The van der Waals surface area contributed by atoms with Crippen LogP contribution in [0.4, 0.5) is 0 Å². The van der Waals surface area contributed by atoms with Gasteiger partial charge >= 0.3 is 0 Å². The number of hydrogen-bond acceptors (Lipinski definition) is 5. The third-order valence-electron chi connectivity index (χ3n) is 4.83. The topological polar surface area (TPSA) is 77.1 Å². The normalized spacial score (nSPS) is 11.7. The average Bonchev–Trinajstić information content (AvgIpc) is 2.80. The van der Waals surface area contributed by atoms with Crippen molar-refractivity contribution in [2.75, 3.05) is 34.4 Å². The van der Waals surface area contributed by atoms with Crippen LogP contribution in [0, 0.1) is 0 Å². The maximum atomic E-state index is 12.7. The van der Waals surface area contributed by atoms with Gasteiger partial charge in [0.1, 0.15) is 5.75 Å². The number of nitrogens with one attached hydrogen (secondary N) is 1. The number of hydrogen-bond donors (Lipinski definition) is 1. The summed E-state index contributed by atoms with van der Waals surface area (Å²) in [5.41, 5.74) is 1.51. The Morgan fingerprint density at radius 1 is 1.12 bits per heavy atom. The highest BCUT2D eigenvalue weighted by atomic mass is 35.5. The minimum Gasteiger partial charge on any atom is -0.491 e. The van der Waals surface area contributed by atoms with Crippen molar-refractivity contribution in [2.45, 2.75) is 26.3 Å². The van der Waals surface area contributed by atoms with Gasteiger partial charge in [-0.3, -0.25) is 9.59 Å². The molecule has 1 N–H and O–H groups in total. The molecule has 0 aromatic heterocycles. The predicted molar refractivity (Wildman–Crippen MR) is 130 cm³/mol. The number of amides is 2. The van der Waals surface area contributed by atoms with E-state index in [1.54, 1.807) is 38.4 Å². The van der Waals surface area contributed by atoms with Crippen molar-refractivity contribution in [2.24, 2.45) is 0 Å². The standard InChI is InChI=1S/C25H31ClN2O5/c1-6-20(18-10-8-9-11-21(18)33-16-24(30)28(3)4)27-23(29)13-12-17-14-19(26)25(31-5)22(15-17)32-7-2/h8-15,20H,6-7,16H2,1-5H3,(H,27,29). The zero-order valence-corrected chi connectivity index (χ0v) is 20.4. The predicted octanol–water partition coefficient (Wildman–Crippen LogP) is 4.50. The molecular weight excluding hydrogens is 444 g/mol. The molecule has 0 bridgehead atoms. The third-order valence-corrected chi connectivity index (χ3v) is 5.11. The molecule has 7 nitrogen and oxygen atoms in total. The summed E-state index contributed by atoms with van der Waals surface area (Å²) in [6, 6.07) is 10.6. The van der Waals surface area contributed by atoms with E-state index in [1.165, 1.54) is 18.1 Å². The fourth-order valence-electron chi connectivity index (χ4n) is 3.11. The SMILES string of the molecule is CCOc1cc(C=CC(=O)NC(CC)c2ccccc2OCC(=O)N(C)C)cc(Cl)c1OC. The van der Waals surface area contributed by atoms with Crippen LogP contribution in [0.3, 0.4) is 0 Å². The molecule has 0 aliphatic heterocycles. The molecule has 1 unspecified atom stereocenters. The molecule has 0 heterocycles. The van der Waals surface area contributed by atoms with Crippen molar-refractivity contribution in [3.8, 4) is 17.2 Å². The number of carbonyl (C=O) groups excluding carboxylic acids is 2. The van der Waals surface area contributed by atoms with E-state index < -0.39 is 0 Å². The molecule has 0 saturated carbocycles. The molecule has 178 valence electrons. The molecule has 0 aliphatic rings. The van der Waals surface area contributed by atoms with Crippen LogP contribution < -0.4 is 19.5 Å². The lowest BCUT2D eigenvalue weighted by atomic mass is 10.0. The number of carbonyl (C=O) groups is 2. The zero-order valence-electron chi connectivity index (χ0n) is 19.7. The van der Waals surface area contributed by atoms with Crippen molar-refractivity contribution in [1.82, 2.24) is 10.2 Å². The molecule has 1 atom stereocenters. The van der Waals surface area contributed by atoms with E-state index in [9.17, 15) is 9.59 Å². The van der Waals surface area contributed by atoms with E-state index in [2.05, 4.69) is 5.32 Å². The van der Waals surface area contributed by atoms with E-state index in [4.69, 9.17) is 25.8 Å². The minimum atomic E-state index is -0.286. The Hall–Kier alpha value is -3.19. The molecule has 8 heteroatoms. The number of benzene rings is 2. The first-order valence-electron chi connectivity index (χ1n) is 10.7. The monoisotopic (exact) mass is 474 g/mol. The van der Waals surface area contributed by atoms with Crippen molar-refractivity contribution in [1.29, 1.82) is 0 Å². The smallest absolute Gasteiger partial charge is 0.259 e. The van der Waals surface area contributed by atoms with Gasteiger partial charge in [0.25, 0.3) is 5.91 Å². The maximum absolute atomic E-state index is 12.7. The number of halogens is 1. The summed E-state index contributed by atoms with van der Waals surface area (Å²) in [4.78, 5) is 26.0. The van der Waals surface area contributed by atoms with Gasteiger partial charge in [-0.25, -0.2) is 0 Å². The van der Waals surface area contributed by atoms with Gasteiger partial charge in [0.2, 0.25) is 5.91 Å². The van der Waals surface area contributed by atoms with Gasteiger partial charge in [0.15, 0.2) is 18.1 Å². The lowest BCUT2D eigenvalue weighted by Gasteiger charge is -2.20. The Morgan fingerprint density at radius 2 is 1.85 bits per heavy atom. The first-order valence-corrected chi connectivity index (χ1v) is 11.1. The summed E-state index contributed by atoms with van der Waals surface area (Å²) >= 11 is 6.28. The summed E-state index contributed by atoms with van der Waals surface area (Å²) < 4.78 is 16.6. The Labute approximate surface area is 200 Å². The molecule has 2 amide bonds. The number of likely N-dealkylation sites (N-methyl/N-ethyl adjacent to an activating group) is 1. The summed E-state index contributed by atoms with van der Waals surface area (Å²) in [5.74, 6) is 1.11. The van der Waals surface area contributed by atoms with Gasteiger partial charge in [0, 0.05) is 25.7 Å². The number of methoxy groups -OCH3 is 1. The van der Waals surface area contributed by atoms with Gasteiger partial charge in [-0.05, 0) is 43.2 Å². The van der Waals surface area contributed by atoms with Crippen LogP contribution in [-0.2, 0) is 9.59 Å². The van der Waals surface area contributed by atoms with Gasteiger partial charge in [0.05, 0.1) is 24.8 Å².